The van der Waals surface area contributed by atoms with Gasteiger partial charge in [0.15, 0.2) is 0 Å². The molecule has 212 valence electrons. The quantitative estimate of drug-likeness (QED) is 0.298. The highest BCUT2D eigenvalue weighted by molar-refractivity contribution is 7.89. The molecule has 2 aromatic heterocycles. The molecule has 3 heterocycles. The van der Waals surface area contributed by atoms with Gasteiger partial charge in [-0.2, -0.15) is 9.05 Å². The van der Waals surface area contributed by atoms with Gasteiger partial charge in [0.25, 0.3) is 0 Å². The maximum atomic E-state index is 13.4. The predicted molar refractivity (Wildman–Crippen MR) is 153 cm³/mol. The molecule has 0 radical (unpaired) electrons. The Balaban J connectivity index is 1.41. The predicted octanol–water partition coefficient (Wildman–Crippen LogP) is 2.99. The molecule has 5 rings (SSSR count). The van der Waals surface area contributed by atoms with Crippen LogP contribution in [-0.4, -0.2) is 58.3 Å². The monoisotopic (exact) mass is 593 g/mol. The summed E-state index contributed by atoms with van der Waals surface area (Å²) in [6, 6.07) is 21.2. The fourth-order valence-corrected chi connectivity index (χ4v) is 6.03. The largest absolute Gasteiger partial charge is 0.356 e. The molecule has 13 heteroatoms. The first-order valence-corrected chi connectivity index (χ1v) is 14.6. The summed E-state index contributed by atoms with van der Waals surface area (Å²) in [4.78, 5) is 30.9. The summed E-state index contributed by atoms with van der Waals surface area (Å²) >= 11 is 5.53. The minimum atomic E-state index is -3.76. The van der Waals surface area contributed by atoms with Crippen LogP contribution in [0.2, 0.25) is 0 Å². The standard InChI is InChI=1S/C28H27N5O6S2/c34-26-12-13-27(35)39-33(28(40)32(38-26)21-23-7-4-14-29-19-23)24-8-10-25(11-9-24)41(36,37)31-17-15-30(16-18-31)20-22-5-2-1-3-6-22/h1-14,19H,15-18,20-21H2. The van der Waals surface area contributed by atoms with Gasteiger partial charge in [-0.1, -0.05) is 36.4 Å². The molecular weight excluding hydrogens is 566 g/mol. The van der Waals surface area contributed by atoms with Gasteiger partial charge in [0, 0.05) is 57.3 Å². The highest BCUT2D eigenvalue weighted by Crippen LogP contribution is 2.20. The maximum Gasteiger partial charge on any atom is 0.356 e. The van der Waals surface area contributed by atoms with E-state index in [4.69, 9.17) is 21.3 Å². The van der Waals surface area contributed by atoms with Crippen LogP contribution in [0.5, 0.6) is 0 Å². The van der Waals surface area contributed by atoms with E-state index in [0.717, 1.165) is 28.2 Å². The lowest BCUT2D eigenvalue weighted by atomic mass is 10.2. The molecule has 0 unspecified atom stereocenters. The summed E-state index contributed by atoms with van der Waals surface area (Å²) in [5.74, 6) is 0. The molecule has 0 bridgehead atoms. The Morgan fingerprint density at radius 2 is 1.41 bits per heavy atom. The third kappa shape index (κ3) is 6.95. The molecule has 1 aliphatic heterocycles. The molecule has 41 heavy (non-hydrogen) atoms. The summed E-state index contributed by atoms with van der Waals surface area (Å²) in [5.41, 5.74) is 0.445. The van der Waals surface area contributed by atoms with E-state index in [1.54, 1.807) is 24.5 Å². The molecule has 4 aromatic rings. The highest BCUT2D eigenvalue weighted by Gasteiger charge is 2.28. The third-order valence-electron chi connectivity index (χ3n) is 6.46. The fourth-order valence-electron chi connectivity index (χ4n) is 4.37. The molecule has 11 nitrogen and oxygen atoms in total. The van der Waals surface area contributed by atoms with Gasteiger partial charge in [-0.15, -0.1) is 4.74 Å². The van der Waals surface area contributed by atoms with Crippen LogP contribution in [0, 0.1) is 4.77 Å². The topological polar surface area (TPSA) is 124 Å². The molecule has 1 saturated heterocycles. The normalized spacial score (nSPS) is 14.4. The van der Waals surface area contributed by atoms with Crippen LogP contribution in [0.15, 0.2) is 115 Å². The van der Waals surface area contributed by atoms with Gasteiger partial charge < -0.3 is 9.05 Å². The van der Waals surface area contributed by atoms with Crippen molar-refractivity contribution in [1.82, 2.24) is 23.7 Å². The van der Waals surface area contributed by atoms with Gasteiger partial charge >= 0.3 is 11.3 Å². The van der Waals surface area contributed by atoms with Crippen molar-refractivity contribution in [3.63, 3.8) is 0 Å². The van der Waals surface area contributed by atoms with E-state index in [1.165, 1.54) is 34.1 Å². The lowest BCUT2D eigenvalue weighted by molar-refractivity contribution is 0.181. The minimum absolute atomic E-state index is 0.0308. The van der Waals surface area contributed by atoms with Crippen molar-refractivity contribution in [2.45, 2.75) is 18.0 Å². The van der Waals surface area contributed by atoms with Gasteiger partial charge in [0.2, 0.25) is 14.8 Å². The van der Waals surface area contributed by atoms with E-state index in [1.807, 2.05) is 18.2 Å². The smallest absolute Gasteiger partial charge is 0.333 e. The third-order valence-corrected chi connectivity index (χ3v) is 8.74. The number of rotatable bonds is 7. The van der Waals surface area contributed by atoms with Crippen molar-refractivity contribution in [2.24, 2.45) is 0 Å². The van der Waals surface area contributed by atoms with Crippen LogP contribution in [0.3, 0.4) is 0 Å². The van der Waals surface area contributed by atoms with E-state index in [2.05, 4.69) is 22.0 Å². The van der Waals surface area contributed by atoms with Crippen LogP contribution in [0.25, 0.3) is 5.69 Å². The van der Waals surface area contributed by atoms with Crippen LogP contribution in [0.1, 0.15) is 11.1 Å². The first-order valence-electron chi connectivity index (χ1n) is 12.8. The number of aromatic nitrogens is 3. The number of nitrogens with zero attached hydrogens (tertiary/aromatic N) is 5. The molecule has 0 aliphatic carbocycles. The molecule has 1 aliphatic rings. The molecule has 2 aromatic carbocycles. The first kappa shape index (κ1) is 28.4. The van der Waals surface area contributed by atoms with E-state index >= 15 is 0 Å². The van der Waals surface area contributed by atoms with E-state index in [-0.39, 0.29) is 21.9 Å². The zero-order chi connectivity index (χ0) is 28.8. The summed E-state index contributed by atoms with van der Waals surface area (Å²) in [6.45, 7) is 2.76. The second-order valence-corrected chi connectivity index (χ2v) is 11.6. The average molecular weight is 594 g/mol. The molecule has 0 atom stereocenters. The van der Waals surface area contributed by atoms with Gasteiger partial charge in [0.05, 0.1) is 17.1 Å². The number of hydrogen-bond acceptors (Lipinski definition) is 9. The number of piperazine rings is 1. The Morgan fingerprint density at radius 1 is 0.756 bits per heavy atom. The fraction of sp³-hybridized carbons (Fsp3) is 0.214. The van der Waals surface area contributed by atoms with Crippen LogP contribution in [0.4, 0.5) is 0 Å². The number of benzene rings is 2. The summed E-state index contributed by atoms with van der Waals surface area (Å²) in [7, 11) is -3.76. The molecule has 0 spiro atoms. The summed E-state index contributed by atoms with van der Waals surface area (Å²) < 4.78 is 41.0. The van der Waals surface area contributed by atoms with Crippen LogP contribution in [-0.2, 0) is 23.1 Å². The SMILES string of the molecule is O=c1ccc(=O)on(-c2ccc(S(=O)(=O)N3CCN(Cc4ccccc4)CC3)cc2)c(=S)n(Cc2cccnc2)o1. The Hall–Kier alpha value is -4.17. The lowest BCUT2D eigenvalue weighted by Crippen LogP contribution is -2.48. The average Bonchev–Trinajstić information content (AvgIpc) is 3.04. The van der Waals surface area contributed by atoms with E-state index in [9.17, 15) is 18.0 Å². The number of pyridine rings is 1. The van der Waals surface area contributed by atoms with Crippen LogP contribution < -0.4 is 11.3 Å². The first-order chi connectivity index (χ1) is 19.8. The van der Waals surface area contributed by atoms with Crippen molar-refractivity contribution >= 4 is 22.2 Å². The second-order valence-electron chi connectivity index (χ2n) is 9.29. The van der Waals surface area contributed by atoms with Crippen molar-refractivity contribution < 1.29 is 17.5 Å². The Bertz CT molecular complexity index is 1820. The second kappa shape index (κ2) is 12.6. The van der Waals surface area contributed by atoms with Crippen LogP contribution >= 0.6 is 12.2 Å². The summed E-state index contributed by atoms with van der Waals surface area (Å²) in [6.07, 6.45) is 3.18. The minimum Gasteiger partial charge on any atom is -0.333 e. The number of sulfonamides is 1. The number of hydrogen-bond donors (Lipinski definition) is 0. The Labute approximate surface area is 240 Å². The van der Waals surface area contributed by atoms with E-state index in [0.29, 0.717) is 31.7 Å². The van der Waals surface area contributed by atoms with Crippen molar-refractivity contribution in [3.05, 3.63) is 128 Å². The van der Waals surface area contributed by atoms with Gasteiger partial charge in [-0.3, -0.25) is 9.88 Å². The van der Waals surface area contributed by atoms with Gasteiger partial charge in [0.1, 0.15) is 0 Å². The maximum absolute atomic E-state index is 13.4. The molecule has 0 amide bonds. The summed E-state index contributed by atoms with van der Waals surface area (Å²) in [5, 5.41) is 0. The molecule has 0 N–H and O–H groups in total. The zero-order valence-corrected chi connectivity index (χ0v) is 23.5. The van der Waals surface area contributed by atoms with Gasteiger partial charge in [-0.05, 0) is 53.7 Å². The zero-order valence-electron chi connectivity index (χ0n) is 21.9. The lowest BCUT2D eigenvalue weighted by Gasteiger charge is -2.34. The van der Waals surface area contributed by atoms with Crippen molar-refractivity contribution in [3.8, 4) is 5.69 Å². The van der Waals surface area contributed by atoms with E-state index < -0.39 is 21.3 Å². The Kier molecular flexibility index (Phi) is 8.69. The molecule has 0 saturated carbocycles. The van der Waals surface area contributed by atoms with Crippen molar-refractivity contribution in [2.75, 3.05) is 26.2 Å². The van der Waals surface area contributed by atoms with Crippen molar-refractivity contribution in [1.29, 1.82) is 0 Å². The van der Waals surface area contributed by atoms with Gasteiger partial charge in [-0.25, -0.2) is 18.0 Å². The Morgan fingerprint density at radius 3 is 2.07 bits per heavy atom. The highest BCUT2D eigenvalue weighted by atomic mass is 32.2. The molecule has 1 fully saturated rings. The molecular formula is C28H27N5O6S2.